The number of aromatic nitrogens is 2. The highest BCUT2D eigenvalue weighted by atomic mass is 32.2. The summed E-state index contributed by atoms with van der Waals surface area (Å²) in [7, 11) is 1.64. The lowest BCUT2D eigenvalue weighted by atomic mass is 9.84. The number of amides is 1. The molecule has 0 unspecified atom stereocenters. The van der Waals surface area contributed by atoms with Gasteiger partial charge < -0.3 is 15.4 Å². The van der Waals surface area contributed by atoms with Crippen LogP contribution in [0.4, 0.5) is 10.8 Å². The van der Waals surface area contributed by atoms with Gasteiger partial charge in [-0.15, -0.1) is 10.2 Å². The Bertz CT molecular complexity index is 828. The monoisotopic (exact) mass is 418 g/mol. The highest BCUT2D eigenvalue weighted by Crippen LogP contribution is 2.49. The van der Waals surface area contributed by atoms with E-state index in [1.165, 1.54) is 48.8 Å². The molecule has 2 aliphatic rings. The van der Waals surface area contributed by atoms with Crippen molar-refractivity contribution in [1.82, 2.24) is 15.5 Å². The van der Waals surface area contributed by atoms with Crippen molar-refractivity contribution in [1.29, 1.82) is 0 Å². The summed E-state index contributed by atoms with van der Waals surface area (Å²) in [5.74, 6) is 3.62. The molecule has 6 nitrogen and oxygen atoms in total. The van der Waals surface area contributed by atoms with Crippen LogP contribution in [0.5, 0.6) is 5.75 Å². The molecule has 0 saturated heterocycles. The highest BCUT2D eigenvalue weighted by Gasteiger charge is 2.42. The third-order valence-corrected chi connectivity index (χ3v) is 7.85. The topological polar surface area (TPSA) is 76.1 Å². The lowest BCUT2D eigenvalue weighted by molar-refractivity contribution is -0.119. The minimum atomic E-state index is 0.0813. The maximum absolute atomic E-state index is 12.4. The summed E-state index contributed by atoms with van der Waals surface area (Å²) in [4.78, 5) is 12.4. The molecule has 0 spiro atoms. The first-order valence-corrected chi connectivity index (χ1v) is 11.6. The van der Waals surface area contributed by atoms with E-state index in [-0.39, 0.29) is 11.9 Å². The molecule has 8 heteroatoms. The van der Waals surface area contributed by atoms with Crippen LogP contribution in [0, 0.1) is 17.8 Å². The van der Waals surface area contributed by atoms with Gasteiger partial charge in [-0.1, -0.05) is 35.6 Å². The van der Waals surface area contributed by atoms with E-state index in [2.05, 4.69) is 27.8 Å². The molecule has 2 aromatic rings. The smallest absolute Gasteiger partial charge is 0.230 e. The van der Waals surface area contributed by atoms with Crippen molar-refractivity contribution in [2.45, 2.75) is 43.0 Å². The van der Waals surface area contributed by atoms with Gasteiger partial charge >= 0.3 is 0 Å². The van der Waals surface area contributed by atoms with Gasteiger partial charge in [-0.2, -0.15) is 0 Å². The van der Waals surface area contributed by atoms with Gasteiger partial charge in [-0.25, -0.2) is 0 Å². The molecule has 2 aliphatic carbocycles. The number of anilines is 2. The molecule has 2 saturated carbocycles. The van der Waals surface area contributed by atoms with Crippen LogP contribution in [-0.4, -0.2) is 35.0 Å². The number of hydrogen-bond donors (Lipinski definition) is 2. The molecule has 0 radical (unpaired) electrons. The van der Waals surface area contributed by atoms with E-state index >= 15 is 0 Å². The summed E-state index contributed by atoms with van der Waals surface area (Å²) in [6.45, 7) is 2.16. The summed E-state index contributed by atoms with van der Waals surface area (Å²) >= 11 is 2.88. The van der Waals surface area contributed by atoms with E-state index in [4.69, 9.17) is 4.74 Å². The molecule has 1 aromatic heterocycles. The quantitative estimate of drug-likeness (QED) is 0.622. The first kappa shape index (κ1) is 19.5. The Morgan fingerprint density at radius 2 is 2.25 bits per heavy atom. The number of hydrogen-bond acceptors (Lipinski definition) is 7. The zero-order valence-electron chi connectivity index (χ0n) is 16.2. The predicted molar refractivity (Wildman–Crippen MR) is 113 cm³/mol. The van der Waals surface area contributed by atoms with E-state index in [0.29, 0.717) is 16.8 Å². The van der Waals surface area contributed by atoms with Gasteiger partial charge in [0, 0.05) is 17.8 Å². The van der Waals surface area contributed by atoms with Gasteiger partial charge in [0.15, 0.2) is 4.34 Å². The first-order valence-electron chi connectivity index (χ1n) is 9.77. The minimum absolute atomic E-state index is 0.0813. The van der Waals surface area contributed by atoms with Gasteiger partial charge in [-0.05, 0) is 56.1 Å². The van der Waals surface area contributed by atoms with Crippen LogP contribution in [0.1, 0.15) is 32.6 Å². The minimum Gasteiger partial charge on any atom is -0.497 e. The highest BCUT2D eigenvalue weighted by molar-refractivity contribution is 8.01. The number of carbonyl (C=O) groups excluding carboxylic acids is 1. The van der Waals surface area contributed by atoms with Crippen molar-refractivity contribution in [3.8, 4) is 5.75 Å². The molecule has 1 amide bonds. The molecule has 2 fully saturated rings. The third kappa shape index (κ3) is 4.60. The lowest BCUT2D eigenvalue weighted by Gasteiger charge is -2.28. The van der Waals surface area contributed by atoms with Gasteiger partial charge in [0.05, 0.1) is 12.9 Å². The fourth-order valence-corrected chi connectivity index (χ4v) is 6.16. The number of nitrogens with zero attached hydrogens (tertiary/aromatic N) is 2. The summed E-state index contributed by atoms with van der Waals surface area (Å²) in [6, 6.07) is 7.92. The number of rotatable bonds is 8. The van der Waals surface area contributed by atoms with Crippen molar-refractivity contribution in [2.24, 2.45) is 17.8 Å². The second kappa shape index (κ2) is 8.69. The van der Waals surface area contributed by atoms with Crippen molar-refractivity contribution in [3.05, 3.63) is 24.3 Å². The Morgan fingerprint density at radius 3 is 3.00 bits per heavy atom. The normalized spacial score (nSPS) is 24.1. The van der Waals surface area contributed by atoms with E-state index in [1.807, 2.05) is 24.3 Å². The fraction of sp³-hybridized carbons (Fsp3) is 0.550. The van der Waals surface area contributed by atoms with Crippen molar-refractivity contribution in [2.75, 3.05) is 18.2 Å². The number of benzene rings is 1. The second-order valence-electron chi connectivity index (χ2n) is 7.71. The summed E-state index contributed by atoms with van der Waals surface area (Å²) in [5.41, 5.74) is 0.893. The van der Waals surface area contributed by atoms with Gasteiger partial charge in [0.25, 0.3) is 0 Å². The number of ether oxygens (including phenoxy) is 1. The number of thioether (sulfide) groups is 1. The Kier molecular flexibility index (Phi) is 6.06. The first-order chi connectivity index (χ1) is 13.6. The summed E-state index contributed by atoms with van der Waals surface area (Å²) < 4.78 is 6.01. The SMILES string of the molecule is COc1cccc(Nc2nnc(SCC(=O)N[C@H](C)[C@@H]3C[C@@H]4CC[C@@H]3C4)s2)c1. The molecule has 150 valence electrons. The number of fused-ring (bicyclic) bond motifs is 2. The zero-order valence-corrected chi connectivity index (χ0v) is 17.8. The standard InChI is InChI=1S/C20H26N4O2S2/c1-12(17-9-13-6-7-14(17)8-13)21-18(25)11-27-20-24-23-19(28-20)22-15-4-3-5-16(10-15)26-2/h3-5,10,12-14,17H,6-9,11H2,1-2H3,(H,21,25)(H,22,23)/t12-,13-,14-,17+/m1/s1. The third-order valence-electron chi connectivity index (χ3n) is 5.88. The Hall–Kier alpha value is -1.80. The summed E-state index contributed by atoms with van der Waals surface area (Å²) in [6.07, 6.45) is 5.39. The van der Waals surface area contributed by atoms with Crippen LogP contribution < -0.4 is 15.4 Å². The molecule has 1 heterocycles. The molecule has 4 rings (SSSR count). The zero-order chi connectivity index (χ0) is 19.5. The van der Waals surface area contributed by atoms with Crippen LogP contribution >= 0.6 is 23.1 Å². The molecule has 2 N–H and O–H groups in total. The predicted octanol–water partition coefficient (Wildman–Crippen LogP) is 4.32. The van der Waals surface area contributed by atoms with Crippen LogP contribution in [0.25, 0.3) is 0 Å². The second-order valence-corrected chi connectivity index (χ2v) is 9.91. The number of methoxy groups -OCH3 is 1. The molecular weight excluding hydrogens is 392 g/mol. The molecule has 1 aromatic carbocycles. The molecule has 28 heavy (non-hydrogen) atoms. The van der Waals surface area contributed by atoms with Crippen molar-refractivity contribution < 1.29 is 9.53 Å². The lowest BCUT2D eigenvalue weighted by Crippen LogP contribution is -2.40. The maximum Gasteiger partial charge on any atom is 0.230 e. The number of carbonyl (C=O) groups is 1. The van der Waals surface area contributed by atoms with E-state index in [0.717, 1.165) is 27.6 Å². The van der Waals surface area contributed by atoms with Crippen molar-refractivity contribution in [3.63, 3.8) is 0 Å². The average molecular weight is 419 g/mol. The van der Waals surface area contributed by atoms with E-state index in [9.17, 15) is 4.79 Å². The Labute approximate surface area is 173 Å². The van der Waals surface area contributed by atoms with Gasteiger partial charge in [0.2, 0.25) is 11.0 Å². The molecule has 0 aliphatic heterocycles. The maximum atomic E-state index is 12.4. The molecular formula is C20H26N4O2S2. The fourth-order valence-electron chi connectivity index (χ4n) is 4.58. The molecule has 2 bridgehead atoms. The van der Waals surface area contributed by atoms with Crippen LogP contribution in [0.2, 0.25) is 0 Å². The summed E-state index contributed by atoms with van der Waals surface area (Å²) in [5, 5.41) is 15.5. The largest absolute Gasteiger partial charge is 0.497 e. The average Bonchev–Trinajstić information content (AvgIpc) is 3.44. The van der Waals surface area contributed by atoms with Crippen LogP contribution in [0.3, 0.4) is 0 Å². The number of nitrogens with one attached hydrogen (secondary N) is 2. The Morgan fingerprint density at radius 1 is 1.36 bits per heavy atom. The van der Waals surface area contributed by atoms with E-state index < -0.39 is 0 Å². The van der Waals surface area contributed by atoms with Crippen molar-refractivity contribution >= 4 is 39.8 Å². The molecule has 4 atom stereocenters. The Balaban J connectivity index is 1.24. The van der Waals surface area contributed by atoms with Crippen LogP contribution in [-0.2, 0) is 4.79 Å². The van der Waals surface area contributed by atoms with Gasteiger partial charge in [0.1, 0.15) is 5.75 Å². The van der Waals surface area contributed by atoms with Crippen LogP contribution in [0.15, 0.2) is 28.6 Å². The van der Waals surface area contributed by atoms with Gasteiger partial charge in [-0.3, -0.25) is 4.79 Å². The van der Waals surface area contributed by atoms with E-state index in [1.54, 1.807) is 7.11 Å².